The second-order valence-electron chi connectivity index (χ2n) is 10.2. The van der Waals surface area contributed by atoms with Crippen molar-refractivity contribution in [2.45, 2.75) is 81.1 Å². The fourth-order valence-corrected chi connectivity index (χ4v) is 3.40. The summed E-state index contributed by atoms with van der Waals surface area (Å²) in [5, 5.41) is 8.71. The van der Waals surface area contributed by atoms with Gasteiger partial charge in [0, 0.05) is 22.6 Å². The molecular formula is C26H42N4O2. The van der Waals surface area contributed by atoms with Gasteiger partial charge in [-0.3, -0.25) is 9.59 Å². The number of carbonyl (C=O) groups excluding carboxylic acids is 2. The van der Waals surface area contributed by atoms with E-state index in [0.29, 0.717) is 34.8 Å². The third-order valence-electron chi connectivity index (χ3n) is 4.62. The van der Waals surface area contributed by atoms with Crippen LogP contribution in [0.15, 0.2) is 34.5 Å². The first-order valence-corrected chi connectivity index (χ1v) is 11.8. The summed E-state index contributed by atoms with van der Waals surface area (Å²) in [5.74, 6) is 1.35. The van der Waals surface area contributed by atoms with E-state index in [9.17, 15) is 9.59 Å². The van der Waals surface area contributed by atoms with Gasteiger partial charge in [0.15, 0.2) is 0 Å². The van der Waals surface area contributed by atoms with E-state index in [1.54, 1.807) is 24.3 Å². The maximum atomic E-state index is 12.5. The summed E-state index contributed by atoms with van der Waals surface area (Å²) < 4.78 is 0. The Balaban J connectivity index is 2.80. The zero-order valence-electron chi connectivity index (χ0n) is 21.2. The van der Waals surface area contributed by atoms with Gasteiger partial charge in [0.05, 0.1) is 0 Å². The van der Waals surface area contributed by atoms with Gasteiger partial charge >= 0.3 is 0 Å². The highest BCUT2D eigenvalue weighted by Gasteiger charge is 2.12. The van der Waals surface area contributed by atoms with Crippen LogP contribution in [-0.2, 0) is 0 Å². The molecule has 0 aliphatic heterocycles. The van der Waals surface area contributed by atoms with E-state index in [1.807, 2.05) is 0 Å². The third-order valence-corrected chi connectivity index (χ3v) is 4.62. The molecular weight excluding hydrogens is 400 g/mol. The second kappa shape index (κ2) is 13.8. The summed E-state index contributed by atoms with van der Waals surface area (Å²) in [6.07, 6.45) is 3.42. The molecule has 0 radical (unpaired) electrons. The van der Waals surface area contributed by atoms with Gasteiger partial charge in [0.25, 0.3) is 11.8 Å². The van der Waals surface area contributed by atoms with Crippen LogP contribution in [0.2, 0.25) is 0 Å². The zero-order chi connectivity index (χ0) is 24.3. The lowest BCUT2D eigenvalue weighted by Gasteiger charge is -2.12. The SMILES string of the molecule is CC(C)CC(CC(C)C)=NNC(=O)c1ccc(C(=O)NN=C(CC(C)C)CC(C)C)cc1. The summed E-state index contributed by atoms with van der Waals surface area (Å²) in [7, 11) is 0. The predicted molar refractivity (Wildman–Crippen MR) is 134 cm³/mol. The minimum absolute atomic E-state index is 0.281. The van der Waals surface area contributed by atoms with Crippen LogP contribution in [0.5, 0.6) is 0 Å². The molecule has 1 aromatic rings. The maximum absolute atomic E-state index is 12.5. The number of hydrogen-bond donors (Lipinski definition) is 2. The van der Waals surface area contributed by atoms with Gasteiger partial charge in [0.1, 0.15) is 0 Å². The normalized spacial score (nSPS) is 11.1. The van der Waals surface area contributed by atoms with E-state index >= 15 is 0 Å². The number of hydrazone groups is 2. The van der Waals surface area contributed by atoms with Gasteiger partial charge in [-0.15, -0.1) is 0 Å². The minimum atomic E-state index is -0.281. The second-order valence-corrected chi connectivity index (χ2v) is 10.2. The highest BCUT2D eigenvalue weighted by Crippen LogP contribution is 2.12. The average molecular weight is 443 g/mol. The number of nitrogens with zero attached hydrogens (tertiary/aromatic N) is 2. The van der Waals surface area contributed by atoms with Gasteiger partial charge in [-0.2, -0.15) is 10.2 Å². The van der Waals surface area contributed by atoms with Gasteiger partial charge in [-0.25, -0.2) is 10.9 Å². The summed E-state index contributed by atoms with van der Waals surface area (Å²) in [4.78, 5) is 25.0. The van der Waals surface area contributed by atoms with E-state index in [-0.39, 0.29) is 11.8 Å². The first kappa shape index (κ1) is 27.5. The number of benzene rings is 1. The van der Waals surface area contributed by atoms with Gasteiger partial charge in [-0.05, 0) is 73.6 Å². The standard InChI is InChI=1S/C26H42N4O2/c1-17(2)13-23(14-18(3)4)27-29-25(31)21-9-11-22(12-10-21)26(32)30-28-24(15-19(5)6)16-20(7)8/h9-12,17-20H,13-16H2,1-8H3,(H,29,31)(H,30,32). The monoisotopic (exact) mass is 442 g/mol. The van der Waals surface area contributed by atoms with Crippen molar-refractivity contribution in [1.82, 2.24) is 10.9 Å². The number of rotatable bonds is 12. The molecule has 0 spiro atoms. The van der Waals surface area contributed by atoms with Crippen molar-refractivity contribution in [3.63, 3.8) is 0 Å². The Labute approximate surface area is 194 Å². The van der Waals surface area contributed by atoms with Crippen LogP contribution in [0.1, 0.15) is 102 Å². The van der Waals surface area contributed by atoms with Crippen molar-refractivity contribution in [2.75, 3.05) is 0 Å². The van der Waals surface area contributed by atoms with Crippen molar-refractivity contribution < 1.29 is 9.59 Å². The fourth-order valence-electron chi connectivity index (χ4n) is 3.40. The molecule has 2 N–H and O–H groups in total. The molecule has 0 atom stereocenters. The van der Waals surface area contributed by atoms with E-state index in [2.05, 4.69) is 76.4 Å². The van der Waals surface area contributed by atoms with Crippen LogP contribution in [0.4, 0.5) is 0 Å². The summed E-state index contributed by atoms with van der Waals surface area (Å²) in [6.45, 7) is 17.1. The van der Waals surface area contributed by atoms with Crippen LogP contribution < -0.4 is 10.9 Å². The van der Waals surface area contributed by atoms with E-state index in [0.717, 1.165) is 37.1 Å². The molecule has 0 bridgehead atoms. The van der Waals surface area contributed by atoms with Crippen LogP contribution in [0, 0.1) is 23.7 Å². The summed E-state index contributed by atoms with van der Waals surface area (Å²) in [6, 6.07) is 6.54. The third kappa shape index (κ3) is 11.2. The Bertz CT molecular complexity index is 700. The van der Waals surface area contributed by atoms with Crippen molar-refractivity contribution in [3.8, 4) is 0 Å². The van der Waals surface area contributed by atoms with Gasteiger partial charge in [-0.1, -0.05) is 55.4 Å². The smallest absolute Gasteiger partial charge is 0.267 e. The Morgan fingerprint density at radius 3 is 1.06 bits per heavy atom. The molecule has 32 heavy (non-hydrogen) atoms. The molecule has 1 rings (SSSR count). The maximum Gasteiger partial charge on any atom is 0.271 e. The summed E-state index contributed by atoms with van der Waals surface area (Å²) >= 11 is 0. The average Bonchev–Trinajstić information content (AvgIpc) is 2.68. The van der Waals surface area contributed by atoms with Crippen LogP contribution in [-0.4, -0.2) is 23.2 Å². The Morgan fingerprint density at radius 2 is 0.844 bits per heavy atom. The number of nitrogens with one attached hydrogen (secondary N) is 2. The lowest BCUT2D eigenvalue weighted by Crippen LogP contribution is -2.22. The molecule has 0 aromatic heterocycles. The molecule has 178 valence electrons. The van der Waals surface area contributed by atoms with Crippen LogP contribution in [0.25, 0.3) is 0 Å². The van der Waals surface area contributed by atoms with E-state index < -0.39 is 0 Å². The van der Waals surface area contributed by atoms with Crippen molar-refractivity contribution in [3.05, 3.63) is 35.4 Å². The molecule has 0 aliphatic carbocycles. The first-order chi connectivity index (χ1) is 15.0. The highest BCUT2D eigenvalue weighted by atomic mass is 16.2. The lowest BCUT2D eigenvalue weighted by molar-refractivity contribution is 0.0943. The minimum Gasteiger partial charge on any atom is -0.267 e. The summed E-state index contributed by atoms with van der Waals surface area (Å²) in [5.41, 5.74) is 8.24. The zero-order valence-corrected chi connectivity index (χ0v) is 21.2. The molecule has 0 saturated carbocycles. The van der Waals surface area contributed by atoms with Crippen molar-refractivity contribution >= 4 is 23.2 Å². The van der Waals surface area contributed by atoms with E-state index in [4.69, 9.17) is 0 Å². The molecule has 0 unspecified atom stereocenters. The quantitative estimate of drug-likeness (QED) is 0.305. The van der Waals surface area contributed by atoms with Crippen molar-refractivity contribution in [2.24, 2.45) is 33.9 Å². The largest absolute Gasteiger partial charge is 0.271 e. The van der Waals surface area contributed by atoms with E-state index in [1.165, 1.54) is 0 Å². The fraction of sp³-hybridized carbons (Fsp3) is 0.615. The molecule has 0 saturated heterocycles. The van der Waals surface area contributed by atoms with Gasteiger partial charge < -0.3 is 0 Å². The van der Waals surface area contributed by atoms with Crippen molar-refractivity contribution in [1.29, 1.82) is 0 Å². The molecule has 2 amide bonds. The molecule has 1 aromatic carbocycles. The number of amides is 2. The first-order valence-electron chi connectivity index (χ1n) is 11.8. The molecule has 6 heteroatoms. The predicted octanol–water partition coefficient (Wildman–Crippen LogP) is 6.04. The Morgan fingerprint density at radius 1 is 0.594 bits per heavy atom. The number of hydrogen-bond acceptors (Lipinski definition) is 4. The van der Waals surface area contributed by atoms with Crippen LogP contribution >= 0.6 is 0 Å². The molecule has 0 fully saturated rings. The van der Waals surface area contributed by atoms with Crippen LogP contribution in [0.3, 0.4) is 0 Å². The lowest BCUT2D eigenvalue weighted by atomic mass is 9.99. The molecule has 0 aliphatic rings. The molecule has 0 heterocycles. The Kier molecular flexibility index (Phi) is 11.9. The van der Waals surface area contributed by atoms with Gasteiger partial charge in [0.2, 0.25) is 0 Å². The number of carbonyl (C=O) groups is 2. The molecule has 6 nitrogen and oxygen atoms in total. The Hall–Kier alpha value is -2.50. The topological polar surface area (TPSA) is 82.9 Å². The highest BCUT2D eigenvalue weighted by molar-refractivity contribution is 5.98.